The van der Waals surface area contributed by atoms with E-state index < -0.39 is 0 Å². The summed E-state index contributed by atoms with van der Waals surface area (Å²) < 4.78 is 0. The lowest BCUT2D eigenvalue weighted by atomic mass is 10.0. The van der Waals surface area contributed by atoms with Gasteiger partial charge in [0.1, 0.15) is 0 Å². The third-order valence-corrected chi connectivity index (χ3v) is 4.24. The van der Waals surface area contributed by atoms with Crippen LogP contribution in [-0.4, -0.2) is 37.6 Å². The second kappa shape index (κ2) is 5.29. The Bertz CT molecular complexity index is 416. The van der Waals surface area contributed by atoms with Crippen molar-refractivity contribution in [2.75, 3.05) is 32.0 Å². The van der Waals surface area contributed by atoms with Gasteiger partial charge in [0, 0.05) is 31.4 Å². The first-order valence-corrected chi connectivity index (χ1v) is 7.11. The topological polar surface area (TPSA) is 27.3 Å². The molecule has 1 unspecified atom stereocenters. The highest BCUT2D eigenvalue weighted by molar-refractivity contribution is 5.61. The maximum atomic E-state index is 3.54. The first-order valence-electron chi connectivity index (χ1n) is 7.11. The van der Waals surface area contributed by atoms with Crippen molar-refractivity contribution >= 4 is 5.69 Å². The first-order chi connectivity index (χ1) is 8.86. The molecular weight excluding hydrogens is 222 g/mol. The van der Waals surface area contributed by atoms with Crippen LogP contribution >= 0.6 is 0 Å². The van der Waals surface area contributed by atoms with Gasteiger partial charge in [0.2, 0.25) is 0 Å². The summed E-state index contributed by atoms with van der Waals surface area (Å²) >= 11 is 0. The largest absolute Gasteiger partial charge is 0.384 e. The fourth-order valence-electron chi connectivity index (χ4n) is 3.22. The van der Waals surface area contributed by atoms with Gasteiger partial charge in [-0.05, 0) is 44.0 Å². The van der Waals surface area contributed by atoms with Crippen molar-refractivity contribution in [3.05, 3.63) is 29.3 Å². The quantitative estimate of drug-likeness (QED) is 0.851. The Labute approximate surface area is 110 Å². The highest BCUT2D eigenvalue weighted by atomic mass is 15.2. The minimum atomic E-state index is 0.670. The van der Waals surface area contributed by atoms with Gasteiger partial charge in [-0.1, -0.05) is 18.2 Å². The smallest absolute Gasteiger partial charge is 0.0419 e. The van der Waals surface area contributed by atoms with Crippen LogP contribution < -0.4 is 10.6 Å². The number of rotatable bonds is 3. The van der Waals surface area contributed by atoms with E-state index in [-0.39, 0.29) is 0 Å². The second-order valence-corrected chi connectivity index (χ2v) is 5.49. The molecule has 0 radical (unpaired) electrons. The molecule has 0 bridgehead atoms. The number of nitrogens with one attached hydrogen (secondary N) is 2. The maximum Gasteiger partial charge on any atom is 0.0419 e. The fourth-order valence-corrected chi connectivity index (χ4v) is 3.22. The number of likely N-dealkylation sites (N-methyl/N-ethyl adjacent to an activating group) is 1. The van der Waals surface area contributed by atoms with E-state index in [1.165, 1.54) is 49.2 Å². The molecule has 1 aromatic carbocycles. The van der Waals surface area contributed by atoms with E-state index in [0.29, 0.717) is 6.04 Å². The Morgan fingerprint density at radius 3 is 3.28 bits per heavy atom. The zero-order chi connectivity index (χ0) is 12.4. The lowest BCUT2D eigenvalue weighted by molar-refractivity contribution is 0.188. The summed E-state index contributed by atoms with van der Waals surface area (Å²) in [5.41, 5.74) is 4.38. The van der Waals surface area contributed by atoms with E-state index in [2.05, 4.69) is 40.8 Å². The lowest BCUT2D eigenvalue weighted by Crippen LogP contribution is -2.43. The fraction of sp³-hybridized carbons (Fsp3) is 0.600. The Morgan fingerprint density at radius 1 is 1.44 bits per heavy atom. The molecule has 1 aromatic rings. The van der Waals surface area contributed by atoms with Gasteiger partial charge in [-0.15, -0.1) is 0 Å². The minimum Gasteiger partial charge on any atom is -0.384 e. The van der Waals surface area contributed by atoms with Crippen LogP contribution in [0, 0.1) is 0 Å². The number of hydrogen-bond donors (Lipinski definition) is 2. The van der Waals surface area contributed by atoms with Gasteiger partial charge in [0.15, 0.2) is 0 Å². The molecule has 98 valence electrons. The molecule has 1 atom stereocenters. The van der Waals surface area contributed by atoms with E-state index in [1.54, 1.807) is 0 Å². The van der Waals surface area contributed by atoms with E-state index in [4.69, 9.17) is 0 Å². The summed E-state index contributed by atoms with van der Waals surface area (Å²) in [6.45, 7) is 4.61. The molecule has 3 heteroatoms. The van der Waals surface area contributed by atoms with Gasteiger partial charge in [0.05, 0.1) is 0 Å². The van der Waals surface area contributed by atoms with Gasteiger partial charge in [-0.3, -0.25) is 4.90 Å². The van der Waals surface area contributed by atoms with Crippen LogP contribution in [0.25, 0.3) is 0 Å². The number of piperidine rings is 1. The molecular formula is C15H23N3. The third-order valence-electron chi connectivity index (χ3n) is 4.24. The summed E-state index contributed by atoms with van der Waals surface area (Å²) in [6, 6.07) is 7.41. The Morgan fingerprint density at radius 2 is 2.39 bits per heavy atom. The van der Waals surface area contributed by atoms with E-state index in [1.807, 2.05) is 0 Å². The van der Waals surface area contributed by atoms with Gasteiger partial charge in [0.25, 0.3) is 0 Å². The number of anilines is 1. The summed E-state index contributed by atoms with van der Waals surface area (Å²) in [4.78, 5) is 2.58. The van der Waals surface area contributed by atoms with E-state index in [9.17, 15) is 0 Å². The summed E-state index contributed by atoms with van der Waals surface area (Å²) in [5, 5.41) is 6.96. The van der Waals surface area contributed by atoms with Crippen LogP contribution in [0.4, 0.5) is 5.69 Å². The Hall–Kier alpha value is -1.06. The van der Waals surface area contributed by atoms with Crippen molar-refractivity contribution in [1.29, 1.82) is 0 Å². The molecule has 0 saturated carbocycles. The van der Waals surface area contributed by atoms with Gasteiger partial charge < -0.3 is 10.6 Å². The summed E-state index contributed by atoms with van der Waals surface area (Å²) in [6.07, 6.45) is 3.81. The Balaban J connectivity index is 1.71. The van der Waals surface area contributed by atoms with Gasteiger partial charge >= 0.3 is 0 Å². The molecule has 0 amide bonds. The number of likely N-dealkylation sites (tertiary alicyclic amines) is 1. The van der Waals surface area contributed by atoms with Crippen molar-refractivity contribution in [3.8, 4) is 0 Å². The molecule has 3 rings (SSSR count). The molecule has 0 aliphatic carbocycles. The average Bonchev–Trinajstić information content (AvgIpc) is 2.88. The zero-order valence-corrected chi connectivity index (χ0v) is 11.2. The van der Waals surface area contributed by atoms with Crippen molar-refractivity contribution in [2.24, 2.45) is 0 Å². The third kappa shape index (κ3) is 2.38. The number of fused-ring (bicyclic) bond motifs is 1. The normalized spacial score (nSPS) is 23.7. The predicted molar refractivity (Wildman–Crippen MR) is 76.0 cm³/mol. The number of nitrogens with zero attached hydrogens (tertiary/aromatic N) is 1. The SMILES string of the molecule is CNC1CCCN(Cc2cccc3c2NCC3)C1. The summed E-state index contributed by atoms with van der Waals surface area (Å²) in [7, 11) is 2.08. The molecule has 0 aromatic heterocycles. The van der Waals surface area contributed by atoms with Crippen LogP contribution in [0.3, 0.4) is 0 Å². The predicted octanol–water partition coefficient (Wildman–Crippen LogP) is 1.84. The molecule has 2 N–H and O–H groups in total. The van der Waals surface area contributed by atoms with Crippen molar-refractivity contribution in [3.63, 3.8) is 0 Å². The van der Waals surface area contributed by atoms with Crippen LogP contribution in [0.2, 0.25) is 0 Å². The van der Waals surface area contributed by atoms with E-state index in [0.717, 1.165) is 13.1 Å². The average molecular weight is 245 g/mol. The minimum absolute atomic E-state index is 0.670. The van der Waals surface area contributed by atoms with Crippen LogP contribution in [0.5, 0.6) is 0 Å². The number of hydrogen-bond acceptors (Lipinski definition) is 3. The standard InChI is InChI=1S/C15H23N3/c1-16-14-6-3-9-18(11-14)10-13-5-2-4-12-7-8-17-15(12)13/h2,4-5,14,16-17H,3,6-11H2,1H3. The highest BCUT2D eigenvalue weighted by Crippen LogP contribution is 2.28. The molecule has 1 fully saturated rings. The molecule has 2 aliphatic rings. The van der Waals surface area contributed by atoms with Gasteiger partial charge in [-0.2, -0.15) is 0 Å². The molecule has 0 spiro atoms. The number of para-hydroxylation sites is 1. The Kier molecular flexibility index (Phi) is 3.52. The first kappa shape index (κ1) is 12.0. The second-order valence-electron chi connectivity index (χ2n) is 5.49. The highest BCUT2D eigenvalue weighted by Gasteiger charge is 2.20. The lowest BCUT2D eigenvalue weighted by Gasteiger charge is -2.32. The van der Waals surface area contributed by atoms with Crippen molar-refractivity contribution in [1.82, 2.24) is 10.2 Å². The molecule has 3 nitrogen and oxygen atoms in total. The molecule has 18 heavy (non-hydrogen) atoms. The number of benzene rings is 1. The maximum absolute atomic E-state index is 3.54. The molecule has 2 heterocycles. The monoisotopic (exact) mass is 245 g/mol. The van der Waals surface area contributed by atoms with Gasteiger partial charge in [-0.25, -0.2) is 0 Å². The summed E-state index contributed by atoms with van der Waals surface area (Å²) in [5.74, 6) is 0. The van der Waals surface area contributed by atoms with E-state index >= 15 is 0 Å². The molecule has 1 saturated heterocycles. The van der Waals surface area contributed by atoms with Crippen LogP contribution in [0.15, 0.2) is 18.2 Å². The molecule has 2 aliphatic heterocycles. The van der Waals surface area contributed by atoms with Crippen molar-refractivity contribution < 1.29 is 0 Å². The zero-order valence-electron chi connectivity index (χ0n) is 11.2. The van der Waals surface area contributed by atoms with Crippen molar-refractivity contribution in [2.45, 2.75) is 31.8 Å². The van der Waals surface area contributed by atoms with Crippen LogP contribution in [0.1, 0.15) is 24.0 Å². The van der Waals surface area contributed by atoms with Crippen LogP contribution in [-0.2, 0) is 13.0 Å².